The van der Waals surface area contributed by atoms with Crippen LogP contribution in [0, 0.1) is 11.8 Å². The van der Waals surface area contributed by atoms with E-state index in [9.17, 15) is 13.2 Å². The van der Waals surface area contributed by atoms with E-state index in [0.717, 1.165) is 0 Å². The SMILES string of the molecule is C=C(C)C#CCNC(=C)C(F)(F)F. The predicted molar refractivity (Wildman–Crippen MR) is 45.8 cm³/mol. The van der Waals surface area contributed by atoms with Crippen LogP contribution in [0.4, 0.5) is 13.2 Å². The zero-order valence-electron chi connectivity index (χ0n) is 7.26. The van der Waals surface area contributed by atoms with Gasteiger partial charge in [-0.2, -0.15) is 13.2 Å². The maximum Gasteiger partial charge on any atom is 0.430 e. The summed E-state index contributed by atoms with van der Waals surface area (Å²) < 4.78 is 35.4. The average molecular weight is 189 g/mol. The van der Waals surface area contributed by atoms with Crippen molar-refractivity contribution >= 4 is 0 Å². The van der Waals surface area contributed by atoms with Crippen molar-refractivity contribution in [2.24, 2.45) is 0 Å². The molecule has 0 aliphatic carbocycles. The van der Waals surface area contributed by atoms with Crippen LogP contribution in [0.15, 0.2) is 24.4 Å². The van der Waals surface area contributed by atoms with E-state index < -0.39 is 11.9 Å². The number of allylic oxidation sites excluding steroid dienone is 2. The topological polar surface area (TPSA) is 12.0 Å². The van der Waals surface area contributed by atoms with Crippen LogP contribution in [-0.2, 0) is 0 Å². The molecule has 0 fully saturated rings. The van der Waals surface area contributed by atoms with Crippen LogP contribution < -0.4 is 5.32 Å². The third-order valence-corrected chi connectivity index (χ3v) is 1.03. The Morgan fingerprint density at radius 2 is 1.92 bits per heavy atom. The van der Waals surface area contributed by atoms with Crippen molar-refractivity contribution in [1.29, 1.82) is 0 Å². The molecule has 0 amide bonds. The molecule has 0 rings (SSSR count). The van der Waals surface area contributed by atoms with Gasteiger partial charge in [-0.1, -0.05) is 25.0 Å². The highest BCUT2D eigenvalue weighted by Gasteiger charge is 2.31. The maximum absolute atomic E-state index is 11.8. The lowest BCUT2D eigenvalue weighted by atomic mass is 10.3. The molecule has 0 unspecified atom stereocenters. The minimum atomic E-state index is -4.40. The van der Waals surface area contributed by atoms with Gasteiger partial charge in [0.2, 0.25) is 0 Å². The molecule has 1 N–H and O–H groups in total. The largest absolute Gasteiger partial charge is 0.430 e. The van der Waals surface area contributed by atoms with Crippen molar-refractivity contribution in [2.75, 3.05) is 6.54 Å². The molecule has 13 heavy (non-hydrogen) atoms. The third kappa shape index (κ3) is 5.85. The summed E-state index contributed by atoms with van der Waals surface area (Å²) in [5.74, 6) is 5.00. The Bertz CT molecular complexity index is 265. The van der Waals surface area contributed by atoms with Crippen molar-refractivity contribution in [3.8, 4) is 11.8 Å². The summed E-state index contributed by atoms with van der Waals surface area (Å²) in [5.41, 5.74) is -0.372. The van der Waals surface area contributed by atoms with Gasteiger partial charge in [0.25, 0.3) is 0 Å². The van der Waals surface area contributed by atoms with Gasteiger partial charge >= 0.3 is 6.18 Å². The molecular formula is C9H10F3N. The number of nitrogens with one attached hydrogen (secondary N) is 1. The Morgan fingerprint density at radius 3 is 2.31 bits per heavy atom. The van der Waals surface area contributed by atoms with E-state index in [1.54, 1.807) is 6.92 Å². The fourth-order valence-electron chi connectivity index (χ4n) is 0.446. The smallest absolute Gasteiger partial charge is 0.371 e. The van der Waals surface area contributed by atoms with Crippen molar-refractivity contribution in [2.45, 2.75) is 13.1 Å². The molecule has 4 heteroatoms. The second-order valence-corrected chi connectivity index (χ2v) is 2.41. The molecule has 0 spiro atoms. The minimum absolute atomic E-state index is 0.0782. The first-order valence-corrected chi connectivity index (χ1v) is 3.48. The zero-order chi connectivity index (χ0) is 10.5. The summed E-state index contributed by atoms with van der Waals surface area (Å²) in [6.45, 7) is 7.88. The highest BCUT2D eigenvalue weighted by atomic mass is 19.4. The molecular weight excluding hydrogens is 179 g/mol. The molecule has 0 aromatic heterocycles. The van der Waals surface area contributed by atoms with Crippen molar-refractivity contribution in [3.63, 3.8) is 0 Å². The van der Waals surface area contributed by atoms with Crippen LogP contribution in [0.1, 0.15) is 6.92 Å². The number of rotatable bonds is 2. The number of hydrogen-bond acceptors (Lipinski definition) is 1. The first-order valence-electron chi connectivity index (χ1n) is 3.48. The van der Waals surface area contributed by atoms with Crippen LogP contribution in [0.25, 0.3) is 0 Å². The highest BCUT2D eigenvalue weighted by Crippen LogP contribution is 2.21. The van der Waals surface area contributed by atoms with E-state index in [4.69, 9.17) is 0 Å². The molecule has 0 aromatic rings. The van der Waals surface area contributed by atoms with Gasteiger partial charge in [-0.3, -0.25) is 0 Å². The monoisotopic (exact) mass is 189 g/mol. The van der Waals surface area contributed by atoms with Crippen LogP contribution in [0.2, 0.25) is 0 Å². The Balaban J connectivity index is 3.88. The molecule has 0 atom stereocenters. The lowest BCUT2D eigenvalue weighted by Gasteiger charge is -2.09. The van der Waals surface area contributed by atoms with Gasteiger partial charge in [0.15, 0.2) is 0 Å². The Morgan fingerprint density at radius 1 is 1.38 bits per heavy atom. The van der Waals surface area contributed by atoms with Gasteiger partial charge in [0, 0.05) is 0 Å². The van der Waals surface area contributed by atoms with E-state index in [-0.39, 0.29) is 6.54 Å². The molecule has 0 aromatic carbocycles. The minimum Gasteiger partial charge on any atom is -0.371 e. The Hall–Kier alpha value is -1.37. The molecule has 0 saturated carbocycles. The number of halogens is 3. The molecule has 72 valence electrons. The summed E-state index contributed by atoms with van der Waals surface area (Å²) >= 11 is 0. The number of alkyl halides is 3. The van der Waals surface area contributed by atoms with E-state index >= 15 is 0 Å². The van der Waals surface area contributed by atoms with Gasteiger partial charge in [-0.05, 0) is 12.5 Å². The summed E-state index contributed by atoms with van der Waals surface area (Å²) in [4.78, 5) is 0. The van der Waals surface area contributed by atoms with E-state index in [1.807, 2.05) is 5.32 Å². The Kier molecular flexibility index (Phi) is 4.12. The van der Waals surface area contributed by atoms with Crippen molar-refractivity contribution < 1.29 is 13.2 Å². The fourth-order valence-corrected chi connectivity index (χ4v) is 0.446. The zero-order valence-corrected chi connectivity index (χ0v) is 7.26. The molecule has 0 saturated heterocycles. The van der Waals surface area contributed by atoms with Gasteiger partial charge in [0.1, 0.15) is 5.70 Å². The molecule has 1 nitrogen and oxygen atoms in total. The van der Waals surface area contributed by atoms with Crippen molar-refractivity contribution in [3.05, 3.63) is 24.4 Å². The number of hydrogen-bond donors (Lipinski definition) is 1. The molecule has 0 radical (unpaired) electrons. The van der Waals surface area contributed by atoms with Crippen LogP contribution in [-0.4, -0.2) is 12.7 Å². The first-order chi connectivity index (χ1) is 5.84. The van der Waals surface area contributed by atoms with Crippen LogP contribution in [0.5, 0.6) is 0 Å². The average Bonchev–Trinajstić information content (AvgIpc) is 1.95. The predicted octanol–water partition coefficient (Wildman–Crippen LogP) is 2.23. The standard InChI is InChI=1S/C9H10F3N/c1-7(2)5-4-6-13-8(3)9(10,11)12/h13H,1,3,6H2,2H3. The quantitative estimate of drug-likeness (QED) is 0.657. The summed E-state index contributed by atoms with van der Waals surface area (Å²) in [5, 5.41) is 2.04. The normalized spacial score (nSPS) is 9.85. The van der Waals surface area contributed by atoms with Gasteiger partial charge in [-0.15, -0.1) is 0 Å². The summed E-state index contributed by atoms with van der Waals surface area (Å²) in [6.07, 6.45) is -4.40. The van der Waals surface area contributed by atoms with Crippen LogP contribution in [0.3, 0.4) is 0 Å². The fraction of sp³-hybridized carbons (Fsp3) is 0.333. The van der Waals surface area contributed by atoms with Crippen LogP contribution >= 0.6 is 0 Å². The van der Waals surface area contributed by atoms with Gasteiger partial charge in [0.05, 0.1) is 6.54 Å². The summed E-state index contributed by atoms with van der Waals surface area (Å²) in [7, 11) is 0. The first kappa shape index (κ1) is 11.6. The van der Waals surface area contributed by atoms with Gasteiger partial charge < -0.3 is 5.32 Å². The second-order valence-electron chi connectivity index (χ2n) is 2.41. The lowest BCUT2D eigenvalue weighted by Crippen LogP contribution is -2.25. The summed E-state index contributed by atoms with van der Waals surface area (Å²) in [6, 6.07) is 0. The van der Waals surface area contributed by atoms with E-state index in [2.05, 4.69) is 25.0 Å². The van der Waals surface area contributed by atoms with Gasteiger partial charge in [-0.25, -0.2) is 0 Å². The maximum atomic E-state index is 11.8. The molecule has 0 heterocycles. The third-order valence-electron chi connectivity index (χ3n) is 1.03. The van der Waals surface area contributed by atoms with E-state index in [0.29, 0.717) is 5.57 Å². The molecule has 0 aliphatic heterocycles. The highest BCUT2D eigenvalue weighted by molar-refractivity contribution is 5.24. The molecule has 0 aliphatic rings. The Labute approximate surface area is 75.3 Å². The second kappa shape index (κ2) is 4.61. The molecule has 0 bridgehead atoms. The lowest BCUT2D eigenvalue weighted by molar-refractivity contribution is -0.0959. The van der Waals surface area contributed by atoms with E-state index in [1.165, 1.54) is 0 Å². The van der Waals surface area contributed by atoms with Crippen molar-refractivity contribution in [1.82, 2.24) is 5.32 Å².